The Kier molecular flexibility index (Phi) is 23.1. The predicted molar refractivity (Wildman–Crippen MR) is 50.9 cm³/mol. The third-order valence-corrected chi connectivity index (χ3v) is 1.55. The third-order valence-electron chi connectivity index (χ3n) is 1.55. The molecule has 1 aliphatic rings. The SMILES string of the molecule is B.C1=Cc2ccccc2OC1.[Mo].[Nb].[Ti].[V]. The molecule has 2 radical (unpaired) electrons. The Bertz CT molecular complexity index is 289. The van der Waals surface area contributed by atoms with Gasteiger partial charge in [0.25, 0.3) is 0 Å². The van der Waals surface area contributed by atoms with Crippen molar-refractivity contribution in [2.24, 2.45) is 0 Å². The van der Waals surface area contributed by atoms with E-state index in [2.05, 4.69) is 6.08 Å². The number of para-hydroxylation sites is 1. The maximum Gasteiger partial charge on any atom is 0.126 e. The molecule has 76 valence electrons. The number of rotatable bonds is 0. The molecule has 0 aromatic heterocycles. The smallest absolute Gasteiger partial charge is 0.126 e. The number of benzene rings is 1. The summed E-state index contributed by atoms with van der Waals surface area (Å²) in [5.74, 6) is 0.991. The third kappa shape index (κ3) is 7.47. The van der Waals surface area contributed by atoms with E-state index in [0.717, 1.165) is 5.75 Å². The van der Waals surface area contributed by atoms with Gasteiger partial charge in [0.05, 0.1) is 8.41 Å². The Hall–Kier alpha value is 1.55. The summed E-state index contributed by atoms with van der Waals surface area (Å²) >= 11 is 0. The van der Waals surface area contributed by atoms with Gasteiger partial charge >= 0.3 is 0 Å². The summed E-state index contributed by atoms with van der Waals surface area (Å²) in [5, 5.41) is 0. The molecule has 0 bridgehead atoms. The molecule has 1 heterocycles. The van der Waals surface area contributed by atoms with Gasteiger partial charge in [-0.25, -0.2) is 0 Å². The van der Waals surface area contributed by atoms with Crippen molar-refractivity contribution in [1.29, 1.82) is 0 Å². The predicted octanol–water partition coefficient (Wildman–Crippen LogP) is 0.898. The van der Waals surface area contributed by atoms with Gasteiger partial charge in [-0.1, -0.05) is 24.3 Å². The van der Waals surface area contributed by atoms with Crippen molar-refractivity contribution < 1.29 is 88.5 Å². The summed E-state index contributed by atoms with van der Waals surface area (Å²) in [6.07, 6.45) is 4.10. The molecular weight excluding hydrogens is 423 g/mol. The van der Waals surface area contributed by atoms with Crippen LogP contribution in [0.5, 0.6) is 5.75 Å². The topological polar surface area (TPSA) is 9.23 Å². The van der Waals surface area contributed by atoms with E-state index < -0.39 is 0 Å². The molecule has 1 aromatic rings. The van der Waals surface area contributed by atoms with Crippen molar-refractivity contribution in [3.05, 3.63) is 35.9 Å². The number of ether oxygens (including phenoxy) is 1. The van der Waals surface area contributed by atoms with Crippen LogP contribution in [-0.4, -0.2) is 15.0 Å². The zero-order valence-electron chi connectivity index (χ0n) is 7.38. The first-order chi connectivity index (χ1) is 4.97. The molecule has 15 heavy (non-hydrogen) atoms. The number of hydrogen-bond acceptors (Lipinski definition) is 1. The Morgan fingerprint density at radius 2 is 1.73 bits per heavy atom. The first-order valence-electron chi connectivity index (χ1n) is 3.35. The van der Waals surface area contributed by atoms with E-state index in [-0.39, 0.29) is 92.1 Å². The van der Waals surface area contributed by atoms with Crippen LogP contribution in [0.4, 0.5) is 0 Å². The van der Waals surface area contributed by atoms with Crippen molar-refractivity contribution in [3.8, 4) is 5.75 Å². The molecular formula is C9H11BMoNbOTiV. The van der Waals surface area contributed by atoms with E-state index in [9.17, 15) is 0 Å². The van der Waals surface area contributed by atoms with Gasteiger partial charge in [0, 0.05) is 89.3 Å². The van der Waals surface area contributed by atoms with E-state index in [4.69, 9.17) is 4.74 Å². The van der Waals surface area contributed by atoms with Crippen LogP contribution < -0.4 is 4.74 Å². The second kappa shape index (κ2) is 13.6. The molecule has 0 spiro atoms. The van der Waals surface area contributed by atoms with E-state index in [0.29, 0.717) is 6.61 Å². The molecule has 0 fully saturated rings. The largest absolute Gasteiger partial charge is 0.489 e. The minimum Gasteiger partial charge on any atom is -0.489 e. The quantitative estimate of drug-likeness (QED) is 0.553. The molecule has 0 aliphatic carbocycles. The monoisotopic (exact) mass is 436 g/mol. The van der Waals surface area contributed by atoms with Crippen LogP contribution in [0.1, 0.15) is 5.56 Å². The Morgan fingerprint density at radius 3 is 2.33 bits per heavy atom. The van der Waals surface area contributed by atoms with Gasteiger partial charge in [-0.05, 0) is 12.1 Å². The summed E-state index contributed by atoms with van der Waals surface area (Å²) < 4.78 is 5.34. The summed E-state index contributed by atoms with van der Waals surface area (Å²) in [6.45, 7) is 0.705. The van der Waals surface area contributed by atoms with Crippen molar-refractivity contribution in [2.45, 2.75) is 0 Å². The van der Waals surface area contributed by atoms with Gasteiger partial charge in [-0.15, -0.1) is 0 Å². The Labute approximate surface area is 149 Å². The van der Waals surface area contributed by atoms with Gasteiger partial charge in [0.15, 0.2) is 0 Å². The van der Waals surface area contributed by atoms with Crippen molar-refractivity contribution in [2.75, 3.05) is 6.61 Å². The molecule has 0 saturated carbocycles. The average molecular weight is 434 g/mol. The Morgan fingerprint density at radius 1 is 1.13 bits per heavy atom. The minimum absolute atomic E-state index is 0. The van der Waals surface area contributed by atoms with E-state index >= 15 is 0 Å². The van der Waals surface area contributed by atoms with Gasteiger partial charge in [0.2, 0.25) is 0 Å². The average Bonchev–Trinajstić information content (AvgIpc) is 2.05. The van der Waals surface area contributed by atoms with Crippen LogP contribution in [0.25, 0.3) is 6.08 Å². The van der Waals surface area contributed by atoms with Crippen LogP contribution >= 0.6 is 0 Å². The molecule has 1 aliphatic heterocycles. The fraction of sp³-hybridized carbons (Fsp3) is 0.111. The summed E-state index contributed by atoms with van der Waals surface area (Å²) in [7, 11) is 0. The Balaban J connectivity index is -0.000000121. The van der Waals surface area contributed by atoms with Crippen LogP contribution in [0.2, 0.25) is 0 Å². The van der Waals surface area contributed by atoms with Crippen molar-refractivity contribution in [3.63, 3.8) is 0 Å². The van der Waals surface area contributed by atoms with Gasteiger partial charge in [-0.2, -0.15) is 0 Å². The standard InChI is InChI=1S/C9H8O.BH3.Mo.Nb.Ti.V/c1-2-6-9-8(4-1)5-3-7-10-9;;;;;/h1-6H,7H2;1H3;;;;. The summed E-state index contributed by atoms with van der Waals surface area (Å²) in [5.41, 5.74) is 1.17. The second-order valence-corrected chi connectivity index (χ2v) is 2.25. The van der Waals surface area contributed by atoms with Crippen LogP contribution in [0.15, 0.2) is 30.3 Å². The maximum absolute atomic E-state index is 5.34. The van der Waals surface area contributed by atoms with E-state index in [1.807, 2.05) is 30.3 Å². The zero-order valence-corrected chi connectivity index (χ0v) is 14.5. The molecule has 0 saturated heterocycles. The first-order valence-corrected chi connectivity index (χ1v) is 3.35. The van der Waals surface area contributed by atoms with Gasteiger partial charge < -0.3 is 4.74 Å². The number of fused-ring (bicyclic) bond motifs is 1. The molecule has 2 rings (SSSR count). The molecule has 0 amide bonds. The number of hydrogen-bond donors (Lipinski definition) is 0. The van der Waals surface area contributed by atoms with Crippen LogP contribution in [-0.2, 0) is 83.7 Å². The van der Waals surface area contributed by atoms with Crippen LogP contribution in [0.3, 0.4) is 0 Å². The normalized spacial score (nSPS) is 9.33. The molecule has 0 atom stereocenters. The molecule has 0 N–H and O–H groups in total. The molecule has 1 aromatic carbocycles. The fourth-order valence-corrected chi connectivity index (χ4v) is 1.06. The van der Waals surface area contributed by atoms with Crippen molar-refractivity contribution >= 4 is 14.5 Å². The zero-order chi connectivity index (χ0) is 6.81. The fourth-order valence-electron chi connectivity index (χ4n) is 1.06. The van der Waals surface area contributed by atoms with E-state index in [1.165, 1.54) is 5.56 Å². The first kappa shape index (κ1) is 25.4. The van der Waals surface area contributed by atoms with Gasteiger partial charge in [-0.3, -0.25) is 0 Å². The molecule has 1 nitrogen and oxygen atoms in total. The second-order valence-electron chi connectivity index (χ2n) is 2.25. The summed E-state index contributed by atoms with van der Waals surface area (Å²) in [4.78, 5) is 0. The van der Waals surface area contributed by atoms with Gasteiger partial charge in [0.1, 0.15) is 12.4 Å². The van der Waals surface area contributed by atoms with E-state index in [1.54, 1.807) is 0 Å². The molecule has 0 unspecified atom stereocenters. The van der Waals surface area contributed by atoms with Crippen LogP contribution in [0, 0.1) is 0 Å². The maximum atomic E-state index is 5.34. The van der Waals surface area contributed by atoms with Crippen molar-refractivity contribution in [1.82, 2.24) is 0 Å². The minimum atomic E-state index is 0. The summed E-state index contributed by atoms with van der Waals surface area (Å²) in [6, 6.07) is 8.03. The molecule has 6 heteroatoms.